The fraction of sp³-hybridized carbons (Fsp3) is 0.812. The molecule has 1 heterocycles. The number of imide groups is 1. The average molecular weight is 341 g/mol. The summed E-state index contributed by atoms with van der Waals surface area (Å²) in [6, 6.07) is -0.416. The van der Waals surface area contributed by atoms with Crippen molar-refractivity contribution in [2.45, 2.75) is 43.4 Å². The van der Waals surface area contributed by atoms with E-state index in [2.05, 4.69) is 5.32 Å². The fourth-order valence-electron chi connectivity index (χ4n) is 5.46. The molecule has 4 bridgehead atoms. The van der Waals surface area contributed by atoms with Crippen LogP contribution in [0.3, 0.4) is 0 Å². The van der Waals surface area contributed by atoms with Crippen molar-refractivity contribution in [2.24, 2.45) is 17.3 Å². The quantitative estimate of drug-likeness (QED) is 0.626. The molecule has 1 saturated heterocycles. The number of rotatable bonds is 3. The van der Waals surface area contributed by atoms with Crippen LogP contribution in [-0.4, -0.2) is 47.4 Å². The van der Waals surface area contributed by atoms with E-state index in [4.69, 9.17) is 16.3 Å². The lowest BCUT2D eigenvalue weighted by atomic mass is 9.49. The van der Waals surface area contributed by atoms with Gasteiger partial charge in [-0.15, -0.1) is 11.6 Å². The third kappa shape index (κ3) is 2.51. The number of nitrogens with zero attached hydrogens (tertiary/aromatic N) is 1. The van der Waals surface area contributed by atoms with Gasteiger partial charge in [0.1, 0.15) is 0 Å². The minimum absolute atomic E-state index is 0.262. The maximum Gasteiger partial charge on any atom is 0.324 e. The lowest BCUT2D eigenvalue weighted by molar-refractivity contribution is -0.172. The summed E-state index contributed by atoms with van der Waals surface area (Å²) in [7, 11) is 0. The van der Waals surface area contributed by atoms with Gasteiger partial charge in [0.2, 0.25) is 0 Å². The first kappa shape index (κ1) is 15.2. The molecule has 1 aliphatic heterocycles. The lowest BCUT2D eigenvalue weighted by Crippen LogP contribution is -2.56. The lowest BCUT2D eigenvalue weighted by Gasteiger charge is -2.58. The molecule has 5 aliphatic rings. The van der Waals surface area contributed by atoms with Crippen LogP contribution in [-0.2, 0) is 14.3 Å². The predicted octanol–water partition coefficient (Wildman–Crippen LogP) is 1.66. The van der Waals surface area contributed by atoms with Crippen molar-refractivity contribution in [2.75, 3.05) is 19.7 Å². The van der Waals surface area contributed by atoms with Crippen molar-refractivity contribution in [3.8, 4) is 0 Å². The summed E-state index contributed by atoms with van der Waals surface area (Å²) in [5, 5.41) is 2.56. The third-order valence-electron chi connectivity index (χ3n) is 5.91. The second-order valence-corrected chi connectivity index (χ2v) is 8.55. The highest BCUT2D eigenvalue weighted by Gasteiger charge is 2.60. The normalized spacial score (nSPS) is 41.1. The summed E-state index contributed by atoms with van der Waals surface area (Å²) in [6.45, 7) is 0.411. The number of halogens is 1. The van der Waals surface area contributed by atoms with Crippen molar-refractivity contribution < 1.29 is 19.1 Å². The number of alkyl halides is 1. The molecule has 4 aliphatic carbocycles. The number of ether oxygens (including phenoxy) is 1. The zero-order chi connectivity index (χ0) is 16.2. The maximum atomic E-state index is 12.7. The number of hydrogen-bond donors (Lipinski definition) is 1. The van der Waals surface area contributed by atoms with E-state index < -0.39 is 17.4 Å². The second-order valence-electron chi connectivity index (χ2n) is 7.75. The standard InChI is InChI=1S/C16H21ClN2O4/c17-16-6-10-3-11(7-16)5-15(4-10,9-16)13(21)23-8-12(20)19-2-1-18-14(19)22/h10-11H,1-9H2,(H,18,22)/t10-,11-,15?,16?/m0/s1. The summed E-state index contributed by atoms with van der Waals surface area (Å²) in [5.74, 6) is 0.242. The molecule has 7 heteroatoms. The zero-order valence-electron chi connectivity index (χ0n) is 13.0. The first-order valence-electron chi connectivity index (χ1n) is 8.34. The van der Waals surface area contributed by atoms with Gasteiger partial charge in [-0.2, -0.15) is 0 Å². The first-order valence-corrected chi connectivity index (χ1v) is 8.71. The van der Waals surface area contributed by atoms with Crippen LogP contribution in [0.25, 0.3) is 0 Å². The van der Waals surface area contributed by atoms with Crippen LogP contribution in [0, 0.1) is 17.3 Å². The van der Waals surface area contributed by atoms with Gasteiger partial charge in [0.15, 0.2) is 6.61 Å². The Morgan fingerprint density at radius 3 is 2.52 bits per heavy atom. The highest BCUT2D eigenvalue weighted by atomic mass is 35.5. The molecule has 5 rings (SSSR count). The third-order valence-corrected chi connectivity index (χ3v) is 6.35. The Morgan fingerprint density at radius 2 is 1.96 bits per heavy atom. The highest BCUT2D eigenvalue weighted by Crippen LogP contribution is 2.64. The highest BCUT2D eigenvalue weighted by molar-refractivity contribution is 6.24. The van der Waals surface area contributed by atoms with Crippen LogP contribution in [0.15, 0.2) is 0 Å². The first-order chi connectivity index (χ1) is 10.9. The Morgan fingerprint density at radius 1 is 1.26 bits per heavy atom. The number of carbonyl (C=O) groups excluding carboxylic acids is 3. The Hall–Kier alpha value is -1.30. The SMILES string of the molecule is O=C(COC(=O)C12C[C@@H]3C[C@H](CC(Cl)(C3)C1)C2)N1CCNC1=O. The summed E-state index contributed by atoms with van der Waals surface area (Å²) in [5.41, 5.74) is -0.515. The molecule has 5 fully saturated rings. The number of esters is 1. The molecule has 3 amide bonds. The van der Waals surface area contributed by atoms with Crippen molar-refractivity contribution in [1.82, 2.24) is 10.2 Å². The van der Waals surface area contributed by atoms with Gasteiger partial charge in [-0.3, -0.25) is 14.5 Å². The predicted molar refractivity (Wildman–Crippen MR) is 81.8 cm³/mol. The van der Waals surface area contributed by atoms with E-state index in [9.17, 15) is 14.4 Å². The molecule has 0 aromatic carbocycles. The molecule has 126 valence electrons. The molecule has 0 spiro atoms. The number of nitrogens with one attached hydrogen (secondary N) is 1. The smallest absolute Gasteiger partial charge is 0.324 e. The zero-order valence-corrected chi connectivity index (χ0v) is 13.7. The van der Waals surface area contributed by atoms with Crippen molar-refractivity contribution in [1.29, 1.82) is 0 Å². The van der Waals surface area contributed by atoms with Crippen LogP contribution in [0.4, 0.5) is 4.79 Å². The monoisotopic (exact) mass is 340 g/mol. The van der Waals surface area contributed by atoms with Crippen molar-refractivity contribution in [3.05, 3.63) is 0 Å². The van der Waals surface area contributed by atoms with Crippen LogP contribution >= 0.6 is 11.6 Å². The van der Waals surface area contributed by atoms with Gasteiger partial charge >= 0.3 is 12.0 Å². The molecule has 1 N–H and O–H groups in total. The van der Waals surface area contributed by atoms with Crippen LogP contribution in [0.1, 0.15) is 38.5 Å². The molecule has 2 atom stereocenters. The van der Waals surface area contributed by atoms with Gasteiger partial charge in [-0.1, -0.05) is 0 Å². The van der Waals surface area contributed by atoms with E-state index in [1.807, 2.05) is 0 Å². The van der Waals surface area contributed by atoms with E-state index in [1.54, 1.807) is 0 Å². The van der Waals surface area contributed by atoms with Gasteiger partial charge < -0.3 is 10.1 Å². The Balaban J connectivity index is 1.41. The van der Waals surface area contributed by atoms with E-state index in [-0.39, 0.29) is 17.5 Å². The van der Waals surface area contributed by atoms with Gasteiger partial charge in [0, 0.05) is 18.0 Å². The molecule has 0 aromatic rings. The molecule has 0 aromatic heterocycles. The van der Waals surface area contributed by atoms with E-state index in [0.717, 1.165) is 37.0 Å². The van der Waals surface area contributed by atoms with Crippen LogP contribution in [0.5, 0.6) is 0 Å². The fourth-order valence-corrected chi connectivity index (χ4v) is 6.15. The van der Waals surface area contributed by atoms with Gasteiger partial charge in [0.05, 0.1) is 5.41 Å². The Labute approximate surface area is 139 Å². The molecule has 4 saturated carbocycles. The van der Waals surface area contributed by atoms with E-state index in [0.29, 0.717) is 31.3 Å². The number of hydrogen-bond acceptors (Lipinski definition) is 4. The largest absolute Gasteiger partial charge is 0.455 e. The molecular formula is C16H21ClN2O4. The van der Waals surface area contributed by atoms with Crippen LogP contribution < -0.4 is 5.32 Å². The minimum Gasteiger partial charge on any atom is -0.455 e. The Kier molecular flexibility index (Phi) is 3.38. The van der Waals surface area contributed by atoms with Crippen LogP contribution in [0.2, 0.25) is 0 Å². The molecule has 6 nitrogen and oxygen atoms in total. The summed E-state index contributed by atoms with van der Waals surface area (Å²) >= 11 is 6.71. The second kappa shape index (κ2) is 5.10. The molecule has 23 heavy (non-hydrogen) atoms. The summed E-state index contributed by atoms with van der Waals surface area (Å²) < 4.78 is 5.33. The maximum absolute atomic E-state index is 12.7. The van der Waals surface area contributed by atoms with E-state index in [1.165, 1.54) is 0 Å². The Bertz CT molecular complexity index is 564. The average Bonchev–Trinajstić information content (AvgIpc) is 2.88. The van der Waals surface area contributed by atoms with Crippen molar-refractivity contribution in [3.63, 3.8) is 0 Å². The summed E-state index contributed by atoms with van der Waals surface area (Å²) in [4.78, 5) is 37.0. The van der Waals surface area contributed by atoms with Gasteiger partial charge in [0.25, 0.3) is 5.91 Å². The van der Waals surface area contributed by atoms with E-state index >= 15 is 0 Å². The molecule has 0 radical (unpaired) electrons. The topological polar surface area (TPSA) is 75.7 Å². The number of urea groups is 1. The van der Waals surface area contributed by atoms with Gasteiger partial charge in [-0.05, 0) is 50.4 Å². The molecular weight excluding hydrogens is 320 g/mol. The van der Waals surface area contributed by atoms with Gasteiger partial charge in [-0.25, -0.2) is 4.79 Å². The number of amides is 3. The molecule has 0 unspecified atom stereocenters. The number of carbonyl (C=O) groups is 3. The minimum atomic E-state index is -0.515. The van der Waals surface area contributed by atoms with Crippen molar-refractivity contribution >= 4 is 29.5 Å². The summed E-state index contributed by atoms with van der Waals surface area (Å²) in [6.07, 6.45) is 5.46.